The Hall–Kier alpha value is -2.97. The molecule has 2 heterocycles. The van der Waals surface area contributed by atoms with Crippen molar-refractivity contribution >= 4 is 29.0 Å². The van der Waals surface area contributed by atoms with Gasteiger partial charge in [-0.15, -0.1) is 0 Å². The van der Waals surface area contributed by atoms with Crippen LogP contribution in [0.2, 0.25) is 0 Å². The number of carbonyl (C=O) groups is 2. The Morgan fingerprint density at radius 1 is 1.41 bits per heavy atom. The molecule has 0 aliphatic rings. The number of aliphatic carboxylic acids is 1. The summed E-state index contributed by atoms with van der Waals surface area (Å²) in [6.07, 6.45) is 4.12. The summed E-state index contributed by atoms with van der Waals surface area (Å²) in [4.78, 5) is 34.3. The molecule has 116 valence electrons. The molecule has 0 aliphatic carbocycles. The van der Waals surface area contributed by atoms with E-state index in [2.05, 4.69) is 26.8 Å². The quantitative estimate of drug-likeness (QED) is 0.742. The van der Waals surface area contributed by atoms with Gasteiger partial charge >= 0.3 is 12.1 Å². The second-order valence-electron chi connectivity index (χ2n) is 4.34. The first-order valence-corrected chi connectivity index (χ1v) is 6.54. The highest BCUT2D eigenvalue weighted by molar-refractivity contribution is 5.93. The highest BCUT2D eigenvalue weighted by atomic mass is 16.5. The molecule has 0 aromatic carbocycles. The minimum atomic E-state index is -0.855. The lowest BCUT2D eigenvalue weighted by molar-refractivity contribution is -0.137. The summed E-state index contributed by atoms with van der Waals surface area (Å²) in [5.41, 5.74) is 0.924. The molecule has 0 saturated heterocycles. The molecule has 0 unspecified atom stereocenters. The van der Waals surface area contributed by atoms with Crippen LogP contribution in [0.25, 0.3) is 11.2 Å². The summed E-state index contributed by atoms with van der Waals surface area (Å²) >= 11 is 0. The summed E-state index contributed by atoms with van der Waals surface area (Å²) < 4.78 is 6.52. The third-order valence-electron chi connectivity index (χ3n) is 2.74. The number of anilines is 1. The topological polar surface area (TPSA) is 119 Å². The highest BCUT2D eigenvalue weighted by Crippen LogP contribution is 2.17. The van der Waals surface area contributed by atoms with Crippen molar-refractivity contribution in [1.82, 2.24) is 19.5 Å². The molecular weight excluding hydrogens is 290 g/mol. The van der Waals surface area contributed by atoms with E-state index in [1.54, 1.807) is 4.57 Å². The summed E-state index contributed by atoms with van der Waals surface area (Å²) in [5, 5.41) is 11.1. The number of nitrogens with zero attached hydrogens (tertiary/aromatic N) is 4. The minimum absolute atomic E-state index is 0.0593. The number of fused-ring (bicyclic) bond motifs is 1. The number of nitrogens with one attached hydrogen (secondary N) is 1. The van der Waals surface area contributed by atoms with Gasteiger partial charge < -0.3 is 14.4 Å². The van der Waals surface area contributed by atoms with Gasteiger partial charge in [0.15, 0.2) is 17.0 Å². The van der Waals surface area contributed by atoms with E-state index < -0.39 is 12.1 Å². The summed E-state index contributed by atoms with van der Waals surface area (Å²) in [6.45, 7) is 3.99. The Balaban J connectivity index is 2.13. The van der Waals surface area contributed by atoms with Crippen molar-refractivity contribution in [2.24, 2.45) is 0 Å². The predicted octanol–water partition coefficient (Wildman–Crippen LogP) is 1.43. The van der Waals surface area contributed by atoms with Crippen molar-refractivity contribution in [2.75, 3.05) is 11.9 Å². The molecule has 2 N–H and O–H groups in total. The van der Waals surface area contributed by atoms with Crippen molar-refractivity contribution < 1.29 is 19.4 Å². The monoisotopic (exact) mass is 305 g/mol. The number of carboxylic acid groups (broad SMARTS) is 1. The number of hydrogen-bond donors (Lipinski definition) is 2. The second kappa shape index (κ2) is 7.16. The standard InChI is InChI=1S/C13H15N5O4/c1-2-6-22-13(21)17-11-10-12(15-7-14-11)18(8-16-10)5-3-4-9(19)20/h2,7-8H,1,3-6H2,(H,19,20)(H,14,15,17,21). The molecule has 0 aliphatic heterocycles. The molecule has 9 nitrogen and oxygen atoms in total. The van der Waals surface area contributed by atoms with Crippen LogP contribution in [0.15, 0.2) is 25.3 Å². The number of aryl methyl sites for hydroxylation is 1. The van der Waals surface area contributed by atoms with E-state index >= 15 is 0 Å². The first-order valence-electron chi connectivity index (χ1n) is 6.54. The van der Waals surface area contributed by atoms with E-state index in [0.29, 0.717) is 24.1 Å². The van der Waals surface area contributed by atoms with Gasteiger partial charge in [0.25, 0.3) is 0 Å². The lowest BCUT2D eigenvalue weighted by atomic mass is 10.3. The van der Waals surface area contributed by atoms with Crippen molar-refractivity contribution in [3.8, 4) is 0 Å². The average Bonchev–Trinajstić information content (AvgIpc) is 2.89. The van der Waals surface area contributed by atoms with Gasteiger partial charge in [-0.1, -0.05) is 12.7 Å². The van der Waals surface area contributed by atoms with Crippen molar-refractivity contribution in [3.63, 3.8) is 0 Å². The number of carbonyl (C=O) groups excluding carboxylic acids is 1. The van der Waals surface area contributed by atoms with E-state index in [9.17, 15) is 9.59 Å². The molecule has 2 rings (SSSR count). The fourth-order valence-corrected chi connectivity index (χ4v) is 1.80. The molecule has 2 aromatic rings. The van der Waals surface area contributed by atoms with Crippen molar-refractivity contribution in [1.29, 1.82) is 0 Å². The van der Waals surface area contributed by atoms with Gasteiger partial charge in [0.1, 0.15) is 12.9 Å². The zero-order valence-corrected chi connectivity index (χ0v) is 11.7. The molecule has 0 bridgehead atoms. The maximum atomic E-state index is 11.5. The lowest BCUT2D eigenvalue weighted by Gasteiger charge is -2.05. The first-order chi connectivity index (χ1) is 10.6. The van der Waals surface area contributed by atoms with Crippen LogP contribution in [0.3, 0.4) is 0 Å². The van der Waals surface area contributed by atoms with Crippen LogP contribution in [0.1, 0.15) is 12.8 Å². The molecule has 1 amide bonds. The van der Waals surface area contributed by atoms with Gasteiger partial charge in [-0.3, -0.25) is 10.1 Å². The molecule has 0 atom stereocenters. The fourth-order valence-electron chi connectivity index (χ4n) is 1.80. The third-order valence-corrected chi connectivity index (χ3v) is 2.74. The number of carboxylic acids is 1. The normalized spacial score (nSPS) is 10.4. The summed E-state index contributed by atoms with van der Waals surface area (Å²) in [6, 6.07) is 0. The number of ether oxygens (including phenoxy) is 1. The maximum Gasteiger partial charge on any atom is 0.413 e. The van der Waals surface area contributed by atoms with E-state index in [1.807, 2.05) is 0 Å². The van der Waals surface area contributed by atoms with Crippen LogP contribution < -0.4 is 5.32 Å². The Morgan fingerprint density at radius 3 is 2.95 bits per heavy atom. The Morgan fingerprint density at radius 2 is 2.23 bits per heavy atom. The predicted molar refractivity (Wildman–Crippen MR) is 77.4 cm³/mol. The van der Waals surface area contributed by atoms with Gasteiger partial charge in [0, 0.05) is 13.0 Å². The molecule has 0 saturated carbocycles. The van der Waals surface area contributed by atoms with E-state index in [-0.39, 0.29) is 18.8 Å². The van der Waals surface area contributed by atoms with Gasteiger partial charge in [0.05, 0.1) is 6.33 Å². The van der Waals surface area contributed by atoms with E-state index in [4.69, 9.17) is 9.84 Å². The molecule has 0 radical (unpaired) electrons. The first kappa shape index (κ1) is 15.4. The van der Waals surface area contributed by atoms with Crippen LogP contribution in [-0.2, 0) is 16.1 Å². The highest BCUT2D eigenvalue weighted by Gasteiger charge is 2.13. The summed E-state index contributed by atoms with van der Waals surface area (Å²) in [5.74, 6) is -0.623. The van der Waals surface area contributed by atoms with E-state index in [1.165, 1.54) is 18.7 Å². The Labute approximate surface area is 125 Å². The van der Waals surface area contributed by atoms with Crippen molar-refractivity contribution in [3.05, 3.63) is 25.3 Å². The van der Waals surface area contributed by atoms with Crippen LogP contribution in [0.4, 0.5) is 10.6 Å². The molecule has 22 heavy (non-hydrogen) atoms. The van der Waals surface area contributed by atoms with Crippen LogP contribution in [-0.4, -0.2) is 43.3 Å². The molecular formula is C13H15N5O4. The molecule has 2 aromatic heterocycles. The smallest absolute Gasteiger partial charge is 0.413 e. The second-order valence-corrected chi connectivity index (χ2v) is 4.34. The molecule has 0 fully saturated rings. The van der Waals surface area contributed by atoms with Gasteiger partial charge in [-0.2, -0.15) is 0 Å². The SMILES string of the molecule is C=CCOC(=O)Nc1ncnc2c1ncn2CCCC(=O)O. The Bertz CT molecular complexity index is 697. The minimum Gasteiger partial charge on any atom is -0.481 e. The number of rotatable bonds is 7. The number of hydrogen-bond acceptors (Lipinski definition) is 6. The number of amides is 1. The molecule has 9 heteroatoms. The Kier molecular flexibility index (Phi) is 5.02. The number of aromatic nitrogens is 4. The van der Waals surface area contributed by atoms with Gasteiger partial charge in [-0.05, 0) is 6.42 Å². The average molecular weight is 305 g/mol. The maximum absolute atomic E-state index is 11.5. The third kappa shape index (κ3) is 3.78. The van der Waals surface area contributed by atoms with Crippen LogP contribution in [0, 0.1) is 0 Å². The van der Waals surface area contributed by atoms with Crippen LogP contribution in [0.5, 0.6) is 0 Å². The van der Waals surface area contributed by atoms with E-state index in [0.717, 1.165) is 0 Å². The molecule has 0 spiro atoms. The zero-order chi connectivity index (χ0) is 15.9. The van der Waals surface area contributed by atoms with Gasteiger partial charge in [-0.25, -0.2) is 19.7 Å². The van der Waals surface area contributed by atoms with Gasteiger partial charge in [0.2, 0.25) is 0 Å². The number of imidazole rings is 1. The van der Waals surface area contributed by atoms with Crippen LogP contribution >= 0.6 is 0 Å². The van der Waals surface area contributed by atoms with Crippen molar-refractivity contribution in [2.45, 2.75) is 19.4 Å². The summed E-state index contributed by atoms with van der Waals surface area (Å²) in [7, 11) is 0. The zero-order valence-electron chi connectivity index (χ0n) is 11.7. The fraction of sp³-hybridized carbons (Fsp3) is 0.308. The lowest BCUT2D eigenvalue weighted by Crippen LogP contribution is -2.15. The largest absolute Gasteiger partial charge is 0.481 e.